The highest BCUT2D eigenvalue weighted by Crippen LogP contribution is 2.11. The van der Waals surface area contributed by atoms with Crippen LogP contribution in [0.3, 0.4) is 0 Å². The average Bonchev–Trinajstić information content (AvgIpc) is 2.44. The maximum Gasteiger partial charge on any atom is 0.260 e. The molecule has 0 fully saturated rings. The number of carbonyl (C=O) groups excluding carboxylic acids is 2. The molecule has 0 heterocycles. The molecule has 6 nitrogen and oxygen atoms in total. The third-order valence-electron chi connectivity index (χ3n) is 2.78. The van der Waals surface area contributed by atoms with Crippen LogP contribution in [0.25, 0.3) is 0 Å². The first kappa shape index (κ1) is 17.0. The van der Waals surface area contributed by atoms with Crippen LogP contribution in [0.2, 0.25) is 0 Å². The van der Waals surface area contributed by atoms with Crippen LogP contribution in [-0.2, 0) is 16.1 Å². The van der Waals surface area contributed by atoms with Crippen molar-refractivity contribution in [2.75, 3.05) is 20.2 Å². The SMILES string of the molecule is CC(C)NC(=O)CN(C)C(=O)COc1ccc(CN)cc1. The highest BCUT2D eigenvalue weighted by atomic mass is 16.5. The van der Waals surface area contributed by atoms with E-state index in [1.807, 2.05) is 26.0 Å². The second-order valence-electron chi connectivity index (χ2n) is 5.11. The van der Waals surface area contributed by atoms with E-state index in [1.165, 1.54) is 4.90 Å². The molecule has 0 saturated carbocycles. The van der Waals surface area contributed by atoms with Crippen molar-refractivity contribution in [3.05, 3.63) is 29.8 Å². The third kappa shape index (κ3) is 6.27. The lowest BCUT2D eigenvalue weighted by Gasteiger charge is -2.18. The molecule has 0 spiro atoms. The fourth-order valence-electron chi connectivity index (χ4n) is 1.65. The number of likely N-dealkylation sites (N-methyl/N-ethyl adjacent to an activating group) is 1. The molecule has 0 aromatic heterocycles. The van der Waals surface area contributed by atoms with Gasteiger partial charge in [0.25, 0.3) is 5.91 Å². The van der Waals surface area contributed by atoms with E-state index in [-0.39, 0.29) is 31.0 Å². The van der Waals surface area contributed by atoms with Crippen molar-refractivity contribution < 1.29 is 14.3 Å². The van der Waals surface area contributed by atoms with Crippen LogP contribution in [0.4, 0.5) is 0 Å². The molecular formula is C15H23N3O3. The Morgan fingerprint density at radius 1 is 1.29 bits per heavy atom. The van der Waals surface area contributed by atoms with Crippen LogP contribution in [0.15, 0.2) is 24.3 Å². The zero-order chi connectivity index (χ0) is 15.8. The topological polar surface area (TPSA) is 84.7 Å². The van der Waals surface area contributed by atoms with Crippen LogP contribution >= 0.6 is 0 Å². The van der Waals surface area contributed by atoms with E-state index >= 15 is 0 Å². The van der Waals surface area contributed by atoms with E-state index in [1.54, 1.807) is 19.2 Å². The second-order valence-corrected chi connectivity index (χ2v) is 5.11. The number of hydrogen-bond donors (Lipinski definition) is 2. The van der Waals surface area contributed by atoms with Gasteiger partial charge in [-0.05, 0) is 31.5 Å². The van der Waals surface area contributed by atoms with Crippen LogP contribution in [-0.4, -0.2) is 43.0 Å². The molecule has 0 aliphatic carbocycles. The van der Waals surface area contributed by atoms with E-state index < -0.39 is 0 Å². The molecule has 0 atom stereocenters. The number of nitrogens with two attached hydrogens (primary N) is 1. The van der Waals surface area contributed by atoms with Gasteiger partial charge in [-0.15, -0.1) is 0 Å². The summed E-state index contributed by atoms with van der Waals surface area (Å²) in [5.41, 5.74) is 6.50. The molecule has 1 aromatic carbocycles. The minimum absolute atomic E-state index is 0.0203. The van der Waals surface area contributed by atoms with Gasteiger partial charge in [0.05, 0.1) is 6.54 Å². The van der Waals surface area contributed by atoms with Crippen molar-refractivity contribution in [1.82, 2.24) is 10.2 Å². The van der Waals surface area contributed by atoms with Gasteiger partial charge in [0.15, 0.2) is 6.61 Å². The summed E-state index contributed by atoms with van der Waals surface area (Å²) in [6.07, 6.45) is 0. The van der Waals surface area contributed by atoms with E-state index in [0.29, 0.717) is 12.3 Å². The van der Waals surface area contributed by atoms with E-state index in [0.717, 1.165) is 5.56 Å². The maximum absolute atomic E-state index is 11.9. The number of rotatable bonds is 7. The molecule has 0 bridgehead atoms. The fourth-order valence-corrected chi connectivity index (χ4v) is 1.65. The summed E-state index contributed by atoms with van der Waals surface area (Å²) in [5.74, 6) is 0.158. The zero-order valence-corrected chi connectivity index (χ0v) is 12.8. The fraction of sp³-hybridized carbons (Fsp3) is 0.467. The van der Waals surface area contributed by atoms with Gasteiger partial charge in [-0.25, -0.2) is 0 Å². The Morgan fingerprint density at radius 3 is 2.43 bits per heavy atom. The Morgan fingerprint density at radius 2 is 1.90 bits per heavy atom. The maximum atomic E-state index is 11.9. The van der Waals surface area contributed by atoms with Gasteiger partial charge in [0, 0.05) is 19.6 Å². The normalized spacial score (nSPS) is 10.3. The molecule has 0 radical (unpaired) electrons. The molecule has 116 valence electrons. The molecule has 0 saturated heterocycles. The van der Waals surface area contributed by atoms with Crippen molar-refractivity contribution >= 4 is 11.8 Å². The summed E-state index contributed by atoms with van der Waals surface area (Å²) in [5, 5.41) is 2.73. The van der Waals surface area contributed by atoms with Gasteiger partial charge in [-0.1, -0.05) is 12.1 Å². The number of benzene rings is 1. The lowest BCUT2D eigenvalue weighted by Crippen LogP contribution is -2.42. The molecular weight excluding hydrogens is 270 g/mol. The summed E-state index contributed by atoms with van der Waals surface area (Å²) in [4.78, 5) is 24.8. The predicted molar refractivity (Wildman–Crippen MR) is 80.7 cm³/mol. The lowest BCUT2D eigenvalue weighted by atomic mass is 10.2. The Labute approximate surface area is 125 Å². The first-order valence-electron chi connectivity index (χ1n) is 6.87. The zero-order valence-electron chi connectivity index (χ0n) is 12.8. The quantitative estimate of drug-likeness (QED) is 0.767. The Bertz CT molecular complexity index is 472. The van der Waals surface area contributed by atoms with E-state index in [2.05, 4.69) is 5.32 Å². The number of carbonyl (C=O) groups is 2. The van der Waals surface area contributed by atoms with Crippen molar-refractivity contribution in [3.63, 3.8) is 0 Å². The van der Waals surface area contributed by atoms with Crippen molar-refractivity contribution in [1.29, 1.82) is 0 Å². The van der Waals surface area contributed by atoms with Crippen LogP contribution in [0, 0.1) is 0 Å². The molecule has 0 unspecified atom stereocenters. The van der Waals surface area contributed by atoms with Crippen molar-refractivity contribution in [2.45, 2.75) is 26.4 Å². The van der Waals surface area contributed by atoms with Crippen LogP contribution in [0.5, 0.6) is 5.75 Å². The molecule has 21 heavy (non-hydrogen) atoms. The van der Waals surface area contributed by atoms with Crippen molar-refractivity contribution in [3.8, 4) is 5.75 Å². The second kappa shape index (κ2) is 8.26. The highest BCUT2D eigenvalue weighted by molar-refractivity contribution is 5.85. The summed E-state index contributed by atoms with van der Waals surface area (Å²) >= 11 is 0. The largest absolute Gasteiger partial charge is 0.484 e. The van der Waals surface area contributed by atoms with Gasteiger partial charge in [-0.2, -0.15) is 0 Å². The number of hydrogen-bond acceptors (Lipinski definition) is 4. The average molecular weight is 293 g/mol. The summed E-state index contributed by atoms with van der Waals surface area (Å²) < 4.78 is 5.39. The van der Waals surface area contributed by atoms with Crippen molar-refractivity contribution in [2.24, 2.45) is 5.73 Å². The lowest BCUT2D eigenvalue weighted by molar-refractivity contribution is -0.136. The van der Waals surface area contributed by atoms with Crippen LogP contribution < -0.4 is 15.8 Å². The summed E-state index contributed by atoms with van der Waals surface area (Å²) in [7, 11) is 1.57. The molecule has 1 rings (SSSR count). The van der Waals surface area contributed by atoms with Gasteiger partial charge in [-0.3, -0.25) is 9.59 Å². The molecule has 1 aromatic rings. The van der Waals surface area contributed by atoms with Crippen LogP contribution in [0.1, 0.15) is 19.4 Å². The smallest absolute Gasteiger partial charge is 0.260 e. The Hall–Kier alpha value is -2.08. The third-order valence-corrected chi connectivity index (χ3v) is 2.78. The van der Waals surface area contributed by atoms with Gasteiger partial charge in [0.2, 0.25) is 5.91 Å². The molecule has 3 N–H and O–H groups in total. The Balaban J connectivity index is 2.39. The molecule has 2 amide bonds. The van der Waals surface area contributed by atoms with Gasteiger partial charge < -0.3 is 20.7 Å². The molecule has 6 heteroatoms. The monoisotopic (exact) mass is 293 g/mol. The minimum Gasteiger partial charge on any atom is -0.484 e. The Kier molecular flexibility index (Phi) is 6.68. The first-order chi connectivity index (χ1) is 9.92. The highest BCUT2D eigenvalue weighted by Gasteiger charge is 2.14. The minimum atomic E-state index is -0.253. The number of ether oxygens (including phenoxy) is 1. The molecule has 0 aliphatic rings. The standard InChI is InChI=1S/C15H23N3O3/c1-11(2)17-14(19)9-18(3)15(20)10-21-13-6-4-12(8-16)5-7-13/h4-7,11H,8-10,16H2,1-3H3,(H,17,19). The van der Waals surface area contributed by atoms with Gasteiger partial charge >= 0.3 is 0 Å². The summed E-state index contributed by atoms with van der Waals surface area (Å²) in [6, 6.07) is 7.28. The summed E-state index contributed by atoms with van der Waals surface area (Å²) in [6.45, 7) is 4.12. The number of nitrogens with zero attached hydrogens (tertiary/aromatic N) is 1. The first-order valence-corrected chi connectivity index (χ1v) is 6.87. The van der Waals surface area contributed by atoms with E-state index in [9.17, 15) is 9.59 Å². The van der Waals surface area contributed by atoms with Gasteiger partial charge in [0.1, 0.15) is 5.75 Å². The predicted octanol–water partition coefficient (Wildman–Crippen LogP) is 0.507. The molecule has 0 aliphatic heterocycles. The number of nitrogens with one attached hydrogen (secondary N) is 1. The number of amides is 2. The van der Waals surface area contributed by atoms with E-state index in [4.69, 9.17) is 10.5 Å².